The zero-order valence-corrected chi connectivity index (χ0v) is 12.4. The van der Waals surface area contributed by atoms with Crippen molar-refractivity contribution in [3.63, 3.8) is 0 Å². The Morgan fingerprint density at radius 1 is 1.00 bits per heavy atom. The van der Waals surface area contributed by atoms with E-state index >= 15 is 0 Å². The topological polar surface area (TPSA) is 23.6 Å². The Balaban J connectivity index is 1.79. The molecule has 1 aliphatic carbocycles. The lowest BCUT2D eigenvalue weighted by Crippen LogP contribution is -2.70. The smallest absolute Gasteiger partial charge is 0.161 e. The molecule has 4 bridgehead atoms. The van der Waals surface area contributed by atoms with Gasteiger partial charge in [-0.1, -0.05) is 28.8 Å². The molecule has 1 saturated carbocycles. The van der Waals surface area contributed by atoms with E-state index in [1.54, 1.807) is 0 Å². The molecule has 0 aromatic carbocycles. The second-order valence-electron chi connectivity index (χ2n) is 6.85. The van der Waals surface area contributed by atoms with E-state index in [4.69, 9.17) is 0 Å². The number of ketones is 1. The number of hydrogen-bond donors (Lipinski definition) is 0. The standard InChI is InChI=1S/C14H21BrN2O/c15-14-9-16-5-6-17(10-14)8-13(7-16,12(14)18)11-3-1-2-4-11/h11H,1-10H2. The summed E-state index contributed by atoms with van der Waals surface area (Å²) in [5.41, 5.74) is -0.0486. The molecule has 5 aliphatic rings. The van der Waals surface area contributed by atoms with Gasteiger partial charge in [0.15, 0.2) is 5.78 Å². The SMILES string of the molecule is O=C1C2(Br)CN3CCN(C2)CC1(C1CCCC1)C3. The van der Waals surface area contributed by atoms with E-state index in [1.807, 2.05) is 0 Å². The fourth-order valence-electron chi connectivity index (χ4n) is 4.97. The fraction of sp³-hybridized carbons (Fsp3) is 0.929. The number of rotatable bonds is 1. The van der Waals surface area contributed by atoms with Gasteiger partial charge < -0.3 is 0 Å². The molecule has 5 rings (SSSR count). The van der Waals surface area contributed by atoms with Crippen molar-refractivity contribution in [1.82, 2.24) is 9.80 Å². The van der Waals surface area contributed by atoms with Gasteiger partial charge in [-0.2, -0.15) is 0 Å². The van der Waals surface area contributed by atoms with Gasteiger partial charge in [-0.25, -0.2) is 0 Å². The molecule has 18 heavy (non-hydrogen) atoms. The number of carbonyl (C=O) groups excluding carboxylic acids is 1. The van der Waals surface area contributed by atoms with E-state index in [2.05, 4.69) is 25.7 Å². The minimum atomic E-state index is -0.261. The van der Waals surface area contributed by atoms with E-state index < -0.39 is 0 Å². The summed E-state index contributed by atoms with van der Waals surface area (Å²) >= 11 is 3.82. The number of Topliss-reactive ketones (excluding diaryl/α,β-unsaturated/α-hetero) is 1. The number of alkyl halides is 1. The van der Waals surface area contributed by atoms with Gasteiger partial charge in [0.25, 0.3) is 0 Å². The van der Waals surface area contributed by atoms with Crippen LogP contribution in [0.5, 0.6) is 0 Å². The molecule has 0 N–H and O–H groups in total. The Morgan fingerprint density at radius 3 is 2.11 bits per heavy atom. The highest BCUT2D eigenvalue weighted by molar-refractivity contribution is 9.10. The number of halogens is 1. The van der Waals surface area contributed by atoms with E-state index in [1.165, 1.54) is 25.7 Å². The van der Waals surface area contributed by atoms with Gasteiger partial charge >= 0.3 is 0 Å². The molecule has 5 fully saturated rings. The number of hydrogen-bond acceptors (Lipinski definition) is 3. The monoisotopic (exact) mass is 312 g/mol. The molecule has 0 aromatic rings. The van der Waals surface area contributed by atoms with Crippen LogP contribution in [0.1, 0.15) is 25.7 Å². The second-order valence-corrected chi connectivity index (χ2v) is 8.37. The average molecular weight is 313 g/mol. The van der Waals surface area contributed by atoms with Gasteiger partial charge in [-0.3, -0.25) is 14.6 Å². The molecule has 0 spiro atoms. The number of carbonyl (C=O) groups is 1. The van der Waals surface area contributed by atoms with Crippen LogP contribution < -0.4 is 0 Å². The van der Waals surface area contributed by atoms with Gasteiger partial charge in [0, 0.05) is 39.3 Å². The molecule has 3 nitrogen and oxygen atoms in total. The van der Waals surface area contributed by atoms with Crippen LogP contribution in [0.2, 0.25) is 0 Å². The summed E-state index contributed by atoms with van der Waals surface area (Å²) in [5.74, 6) is 1.18. The summed E-state index contributed by atoms with van der Waals surface area (Å²) in [6.07, 6.45) is 5.21. The zero-order valence-electron chi connectivity index (χ0n) is 10.8. The predicted molar refractivity (Wildman–Crippen MR) is 73.9 cm³/mol. The van der Waals surface area contributed by atoms with Gasteiger partial charge in [-0.15, -0.1) is 0 Å². The van der Waals surface area contributed by atoms with Crippen molar-refractivity contribution in [1.29, 1.82) is 0 Å². The quantitative estimate of drug-likeness (QED) is 0.686. The van der Waals surface area contributed by atoms with Crippen molar-refractivity contribution in [2.45, 2.75) is 30.0 Å². The van der Waals surface area contributed by atoms with Crippen LogP contribution in [-0.4, -0.2) is 59.2 Å². The zero-order chi connectivity index (χ0) is 12.4. The maximum absolute atomic E-state index is 13.1. The molecule has 0 radical (unpaired) electrons. The highest BCUT2D eigenvalue weighted by atomic mass is 79.9. The highest BCUT2D eigenvalue weighted by Crippen LogP contribution is 2.51. The number of fused-ring (bicyclic) bond motifs is 1. The molecular formula is C14H21BrN2O. The second kappa shape index (κ2) is 3.80. The van der Waals surface area contributed by atoms with Crippen molar-refractivity contribution in [2.24, 2.45) is 11.3 Å². The molecule has 0 aromatic heterocycles. The predicted octanol–water partition coefficient (Wildman–Crippen LogP) is 1.51. The Labute approximate surface area is 117 Å². The first-order valence-electron chi connectivity index (χ1n) is 7.31. The Morgan fingerprint density at radius 2 is 1.56 bits per heavy atom. The van der Waals surface area contributed by atoms with Crippen molar-refractivity contribution in [3.05, 3.63) is 0 Å². The third-order valence-electron chi connectivity index (χ3n) is 5.69. The molecule has 100 valence electrons. The summed E-state index contributed by atoms with van der Waals surface area (Å²) in [7, 11) is 0. The van der Waals surface area contributed by atoms with E-state index in [-0.39, 0.29) is 9.74 Å². The van der Waals surface area contributed by atoms with Crippen LogP contribution in [0.15, 0.2) is 0 Å². The minimum Gasteiger partial charge on any atom is -0.299 e. The van der Waals surface area contributed by atoms with E-state index in [0.29, 0.717) is 11.7 Å². The summed E-state index contributed by atoms with van der Waals surface area (Å²) in [6.45, 7) is 6.21. The maximum Gasteiger partial charge on any atom is 0.161 e. The van der Waals surface area contributed by atoms with Crippen molar-refractivity contribution in [2.75, 3.05) is 39.3 Å². The molecular weight excluding hydrogens is 292 g/mol. The lowest BCUT2D eigenvalue weighted by atomic mass is 9.63. The maximum atomic E-state index is 13.1. The van der Waals surface area contributed by atoms with Crippen LogP contribution in [0.25, 0.3) is 0 Å². The highest BCUT2D eigenvalue weighted by Gasteiger charge is 2.62. The van der Waals surface area contributed by atoms with Crippen molar-refractivity contribution >= 4 is 21.7 Å². The van der Waals surface area contributed by atoms with Crippen LogP contribution in [0.3, 0.4) is 0 Å². The molecule has 4 heteroatoms. The average Bonchev–Trinajstić information content (AvgIpc) is 2.75. The summed E-state index contributed by atoms with van der Waals surface area (Å²) in [4.78, 5) is 18.1. The Hall–Kier alpha value is 0.0700. The van der Waals surface area contributed by atoms with Gasteiger partial charge in [0.2, 0.25) is 0 Å². The Bertz CT molecular complexity index is 375. The summed E-state index contributed by atoms with van der Waals surface area (Å²) in [5, 5.41) is 0. The van der Waals surface area contributed by atoms with E-state index in [9.17, 15) is 4.79 Å². The van der Waals surface area contributed by atoms with Crippen LogP contribution in [0, 0.1) is 11.3 Å². The van der Waals surface area contributed by atoms with E-state index in [0.717, 1.165) is 39.3 Å². The third-order valence-corrected chi connectivity index (χ3v) is 6.55. The number of piperidine rings is 2. The lowest BCUT2D eigenvalue weighted by molar-refractivity contribution is -0.146. The summed E-state index contributed by atoms with van der Waals surface area (Å²) < 4.78 is -0.261. The largest absolute Gasteiger partial charge is 0.299 e. The molecule has 4 heterocycles. The fourth-order valence-corrected chi connectivity index (χ4v) is 6.08. The lowest BCUT2D eigenvalue weighted by Gasteiger charge is -2.54. The van der Waals surface area contributed by atoms with Crippen molar-refractivity contribution in [3.8, 4) is 0 Å². The Kier molecular flexibility index (Phi) is 2.50. The van der Waals surface area contributed by atoms with Crippen molar-refractivity contribution < 1.29 is 4.79 Å². The molecule has 4 saturated heterocycles. The first-order valence-corrected chi connectivity index (χ1v) is 8.10. The number of nitrogens with zero attached hydrogens (tertiary/aromatic N) is 2. The first kappa shape index (κ1) is 11.9. The summed E-state index contributed by atoms with van der Waals surface area (Å²) in [6, 6.07) is 0. The third kappa shape index (κ3) is 1.46. The minimum absolute atomic E-state index is 0.0486. The normalized spacial score (nSPS) is 51.9. The first-order chi connectivity index (χ1) is 8.62. The van der Waals surface area contributed by atoms with Gasteiger partial charge in [0.1, 0.15) is 4.32 Å². The molecule has 2 atom stereocenters. The van der Waals surface area contributed by atoms with Gasteiger partial charge in [0.05, 0.1) is 5.41 Å². The van der Waals surface area contributed by atoms with Crippen LogP contribution in [-0.2, 0) is 4.79 Å². The molecule has 4 aliphatic heterocycles. The van der Waals surface area contributed by atoms with Crippen LogP contribution in [0.4, 0.5) is 0 Å². The molecule has 0 amide bonds. The molecule has 2 unspecified atom stereocenters. The van der Waals surface area contributed by atoms with Crippen LogP contribution >= 0.6 is 15.9 Å². The van der Waals surface area contributed by atoms with Gasteiger partial charge in [-0.05, 0) is 18.8 Å².